The molecule has 2 fully saturated rings. The minimum atomic E-state index is -2.84. The van der Waals surface area contributed by atoms with E-state index in [1.165, 1.54) is 6.20 Å². The minimum Gasteiger partial charge on any atom is -0.366 e. The van der Waals surface area contributed by atoms with Crippen LogP contribution in [0.2, 0.25) is 0 Å². The van der Waals surface area contributed by atoms with Gasteiger partial charge in [0, 0.05) is 82.1 Å². The number of halogens is 4. The van der Waals surface area contributed by atoms with Gasteiger partial charge < -0.3 is 19.3 Å². The summed E-state index contributed by atoms with van der Waals surface area (Å²) in [6.45, 7) is 10.6. The molecular weight excluding hydrogens is 684 g/mol. The standard InChI is InChI=1S/C10H15ClN2O2.C8H18ClN2O2P.C7H15Cl2N2O2P/c1-2-4-13(5-3-11)8-7-12-10(15)6-9(8)14;1-2-6-11(7-4-9)14(12)10-5-3-8-13-14;8-2-4-10-14(12)11(6-3-9)5-1-7-13-14/h7H,2-6H2,1H3,(H,12,15);2-8H2,1H3,(H,10,12);1-7H2,(H,10,12). The van der Waals surface area contributed by atoms with Gasteiger partial charge in [0.25, 0.3) is 0 Å². The Morgan fingerprint density at radius 2 is 1.63 bits per heavy atom. The quantitative estimate of drug-likeness (QED) is 0.122. The van der Waals surface area contributed by atoms with E-state index in [9.17, 15) is 18.7 Å². The van der Waals surface area contributed by atoms with Gasteiger partial charge in [-0.15, -0.1) is 46.4 Å². The Balaban J connectivity index is 0.000000323. The molecule has 3 aliphatic rings. The molecule has 0 aliphatic carbocycles. The van der Waals surface area contributed by atoms with Crippen molar-refractivity contribution in [3.63, 3.8) is 0 Å². The van der Waals surface area contributed by atoms with Crippen molar-refractivity contribution in [2.45, 2.75) is 46.0 Å². The summed E-state index contributed by atoms with van der Waals surface area (Å²) < 4.78 is 38.7. The van der Waals surface area contributed by atoms with Crippen LogP contribution in [0.3, 0.4) is 0 Å². The molecule has 0 saturated carbocycles. The van der Waals surface area contributed by atoms with Crippen molar-refractivity contribution >= 4 is 73.4 Å². The van der Waals surface area contributed by atoms with Crippen LogP contribution in [0.1, 0.15) is 46.0 Å². The Morgan fingerprint density at radius 3 is 2.19 bits per heavy atom. The number of alkyl halides is 4. The van der Waals surface area contributed by atoms with E-state index >= 15 is 0 Å². The lowest BCUT2D eigenvalue weighted by Gasteiger charge is -2.34. The van der Waals surface area contributed by atoms with Gasteiger partial charge in [-0.2, -0.15) is 0 Å². The number of rotatable bonds is 15. The highest BCUT2D eigenvalue weighted by Crippen LogP contribution is 2.49. The number of allylic oxidation sites excluding steroid dienone is 1. The van der Waals surface area contributed by atoms with E-state index in [0.29, 0.717) is 68.6 Å². The number of Topliss-reactive ketones (excluding diaryl/α,β-unsaturated/α-hetero) is 1. The molecule has 43 heavy (non-hydrogen) atoms. The molecule has 3 rings (SSSR count). The molecule has 0 aromatic heterocycles. The number of nitrogens with one attached hydrogen (secondary N) is 3. The molecule has 252 valence electrons. The first-order chi connectivity index (χ1) is 20.6. The van der Waals surface area contributed by atoms with Crippen LogP contribution in [-0.4, -0.2) is 115 Å². The minimum absolute atomic E-state index is 0.0612. The van der Waals surface area contributed by atoms with Gasteiger partial charge in [0.05, 0.1) is 25.3 Å². The van der Waals surface area contributed by atoms with E-state index in [4.69, 9.17) is 55.5 Å². The highest BCUT2D eigenvalue weighted by atomic mass is 35.5. The lowest BCUT2D eigenvalue weighted by molar-refractivity contribution is -0.127. The van der Waals surface area contributed by atoms with Crippen LogP contribution in [0.5, 0.6) is 0 Å². The number of nitrogens with zero attached hydrogens (tertiary/aromatic N) is 3. The second kappa shape index (κ2) is 23.4. The molecule has 0 spiro atoms. The fourth-order valence-electron chi connectivity index (χ4n) is 4.27. The third kappa shape index (κ3) is 15.0. The van der Waals surface area contributed by atoms with E-state index in [0.717, 1.165) is 51.9 Å². The van der Waals surface area contributed by atoms with Crippen molar-refractivity contribution in [1.29, 1.82) is 0 Å². The number of ketones is 1. The first-order valence-corrected chi connectivity index (χ1v) is 20.0. The Hall–Kier alpha value is 0.0600. The number of hydrogen-bond donors (Lipinski definition) is 3. The molecule has 2 atom stereocenters. The summed E-state index contributed by atoms with van der Waals surface area (Å²) in [6.07, 6.45) is 5.13. The van der Waals surface area contributed by atoms with E-state index in [2.05, 4.69) is 22.4 Å². The van der Waals surface area contributed by atoms with Gasteiger partial charge in [-0.25, -0.2) is 19.5 Å². The lowest BCUT2D eigenvalue weighted by Crippen LogP contribution is -2.37. The predicted molar refractivity (Wildman–Crippen MR) is 176 cm³/mol. The van der Waals surface area contributed by atoms with Gasteiger partial charge in [-0.3, -0.25) is 18.7 Å². The second-order valence-electron chi connectivity index (χ2n) is 9.58. The molecule has 12 nitrogen and oxygen atoms in total. The van der Waals surface area contributed by atoms with Crippen LogP contribution >= 0.6 is 61.7 Å². The molecule has 0 radical (unpaired) electrons. The van der Waals surface area contributed by atoms with Gasteiger partial charge in [-0.05, 0) is 25.7 Å². The zero-order valence-corrected chi connectivity index (χ0v) is 30.0. The fraction of sp³-hybridized carbons (Fsp3) is 0.840. The highest BCUT2D eigenvalue weighted by Gasteiger charge is 2.34. The maximum absolute atomic E-state index is 12.2. The van der Waals surface area contributed by atoms with Gasteiger partial charge in [0.15, 0.2) is 5.78 Å². The molecule has 1 amide bonds. The maximum atomic E-state index is 12.2. The maximum Gasteiger partial charge on any atom is 0.343 e. The van der Waals surface area contributed by atoms with Crippen molar-refractivity contribution < 1.29 is 27.8 Å². The average Bonchev–Trinajstić information content (AvgIpc) is 2.98. The molecule has 3 aliphatic heterocycles. The Morgan fingerprint density at radius 1 is 0.930 bits per heavy atom. The average molecular weight is 732 g/mol. The van der Waals surface area contributed by atoms with Crippen LogP contribution in [0, 0.1) is 0 Å². The first kappa shape index (κ1) is 41.1. The fourth-order valence-corrected chi connectivity index (χ4v) is 9.43. The van der Waals surface area contributed by atoms with Crippen molar-refractivity contribution in [3.8, 4) is 0 Å². The summed E-state index contributed by atoms with van der Waals surface area (Å²) in [7, 11) is -5.60. The summed E-state index contributed by atoms with van der Waals surface area (Å²) >= 11 is 22.5. The highest BCUT2D eigenvalue weighted by molar-refractivity contribution is 7.54. The van der Waals surface area contributed by atoms with Crippen LogP contribution in [0.4, 0.5) is 0 Å². The van der Waals surface area contributed by atoms with Crippen LogP contribution < -0.4 is 15.5 Å². The monoisotopic (exact) mass is 730 g/mol. The second-order valence-corrected chi connectivity index (χ2v) is 15.5. The van der Waals surface area contributed by atoms with Crippen molar-refractivity contribution in [2.75, 3.05) is 89.1 Å². The predicted octanol–water partition coefficient (Wildman–Crippen LogP) is 4.81. The zero-order chi connectivity index (χ0) is 32.1. The largest absolute Gasteiger partial charge is 0.366 e. The molecule has 2 saturated heterocycles. The topological polar surface area (TPSA) is 133 Å². The number of carbonyl (C=O) groups excluding carboxylic acids is 2. The Bertz CT molecular complexity index is 920. The molecule has 0 aromatic rings. The van der Waals surface area contributed by atoms with Crippen molar-refractivity contribution in [1.82, 2.24) is 29.7 Å². The Labute approximate surface area is 276 Å². The van der Waals surface area contributed by atoms with Crippen LogP contribution in [-0.2, 0) is 27.8 Å². The van der Waals surface area contributed by atoms with E-state index in [1.54, 1.807) is 4.67 Å². The van der Waals surface area contributed by atoms with Crippen LogP contribution in [0.25, 0.3) is 0 Å². The van der Waals surface area contributed by atoms with E-state index in [1.807, 2.05) is 16.5 Å². The zero-order valence-electron chi connectivity index (χ0n) is 25.2. The smallest absolute Gasteiger partial charge is 0.343 e. The molecule has 0 bridgehead atoms. The summed E-state index contributed by atoms with van der Waals surface area (Å²) in [5.41, 5.74) is 0.567. The van der Waals surface area contributed by atoms with Crippen LogP contribution in [0.15, 0.2) is 11.9 Å². The number of hydrogen-bond acceptors (Lipinski definition) is 7. The molecule has 0 aromatic carbocycles. The third-order valence-electron chi connectivity index (χ3n) is 6.21. The Kier molecular flexibility index (Phi) is 22.3. The number of amides is 1. The van der Waals surface area contributed by atoms with Gasteiger partial charge >= 0.3 is 15.3 Å². The van der Waals surface area contributed by atoms with Crippen molar-refractivity contribution in [2.24, 2.45) is 0 Å². The summed E-state index contributed by atoms with van der Waals surface area (Å²) in [5.74, 6) is 1.45. The summed E-state index contributed by atoms with van der Waals surface area (Å²) in [6, 6.07) is 0. The normalized spacial score (nSPS) is 24.3. The van der Waals surface area contributed by atoms with E-state index in [-0.39, 0.29) is 18.1 Å². The number of carbonyl (C=O) groups is 2. The summed E-state index contributed by atoms with van der Waals surface area (Å²) in [4.78, 5) is 24.4. The third-order valence-corrected chi connectivity index (χ3v) is 11.5. The van der Waals surface area contributed by atoms with Gasteiger partial charge in [-0.1, -0.05) is 13.8 Å². The molecule has 3 N–H and O–H groups in total. The summed E-state index contributed by atoms with van der Waals surface area (Å²) in [5, 5.41) is 8.37. The van der Waals surface area contributed by atoms with Crippen molar-refractivity contribution in [3.05, 3.63) is 11.9 Å². The molecular formula is C25H48Cl4N6O6P2. The molecule has 2 unspecified atom stereocenters. The first-order valence-electron chi connectivity index (χ1n) is 14.7. The molecule has 18 heteroatoms. The molecule has 3 heterocycles. The van der Waals surface area contributed by atoms with E-state index < -0.39 is 15.3 Å². The lowest BCUT2D eigenvalue weighted by atomic mass is 10.1. The SMILES string of the molecule is CCCN(CCCl)C1=CNC(=O)CC1=O.CCCN(CCCl)P1(=O)NCCCO1.O=P1(NCCCl)OCCCN1CCCl. The van der Waals surface area contributed by atoms with Gasteiger partial charge in [0.2, 0.25) is 5.91 Å². The van der Waals surface area contributed by atoms with Gasteiger partial charge in [0.1, 0.15) is 0 Å².